The number of likely N-dealkylation sites (tertiary alicyclic amines) is 1. The van der Waals surface area contributed by atoms with Gasteiger partial charge in [-0.05, 0) is 24.5 Å². The molecule has 2 heterocycles. The molecule has 1 aromatic heterocycles. The van der Waals surface area contributed by atoms with Gasteiger partial charge >= 0.3 is 0 Å². The highest BCUT2D eigenvalue weighted by molar-refractivity contribution is 14.0. The molecule has 1 aromatic carbocycles. The molecule has 10 heteroatoms. The van der Waals surface area contributed by atoms with Gasteiger partial charge in [0.25, 0.3) is 6.43 Å². The topological polar surface area (TPSA) is 81.2 Å². The largest absolute Gasteiger partial charge is 0.354 e. The third kappa shape index (κ3) is 6.66. The number of piperidine rings is 1. The third-order valence-corrected chi connectivity index (χ3v) is 4.62. The summed E-state index contributed by atoms with van der Waals surface area (Å²) in [5, 5.41) is 13.4. The fraction of sp³-hybridized carbons (Fsp3) is 0.500. The number of nitrogens with zero attached hydrogens (tertiary/aromatic N) is 4. The average Bonchev–Trinajstić information content (AvgIpc) is 3.21. The molecule has 0 atom stereocenters. The van der Waals surface area contributed by atoms with E-state index < -0.39 is 6.43 Å². The molecule has 1 saturated heterocycles. The standard InChI is InChI=1S/C18H25F2N7.HI/c1-21-18(25-15-5-7-27(8-6-15)11-16(19)20)22-10-13-3-2-4-14(9-13)17-23-12-24-26-17;/h2-4,9,12,15-16H,5-8,10-11H2,1H3,(H2,21,22,25)(H,23,24,26);1H. The molecule has 0 bridgehead atoms. The minimum atomic E-state index is -2.27. The molecule has 1 aliphatic heterocycles. The number of halogens is 3. The second kappa shape index (κ2) is 11.2. The Morgan fingerprint density at radius 2 is 2.14 bits per heavy atom. The van der Waals surface area contributed by atoms with E-state index in [4.69, 9.17) is 0 Å². The van der Waals surface area contributed by atoms with Gasteiger partial charge in [0.2, 0.25) is 0 Å². The van der Waals surface area contributed by atoms with Crippen molar-refractivity contribution < 1.29 is 8.78 Å². The summed E-state index contributed by atoms with van der Waals surface area (Å²) in [5.74, 6) is 1.45. The van der Waals surface area contributed by atoms with Crippen LogP contribution in [0, 0.1) is 0 Å². The van der Waals surface area contributed by atoms with Gasteiger partial charge in [0.15, 0.2) is 11.8 Å². The summed E-state index contributed by atoms with van der Waals surface area (Å²) in [4.78, 5) is 10.2. The van der Waals surface area contributed by atoms with Crippen LogP contribution in [0.5, 0.6) is 0 Å². The quantitative estimate of drug-likeness (QED) is 0.320. The molecule has 2 aromatic rings. The van der Waals surface area contributed by atoms with Crippen LogP contribution in [-0.4, -0.2) is 65.2 Å². The maximum Gasteiger partial charge on any atom is 0.251 e. The zero-order valence-electron chi connectivity index (χ0n) is 15.7. The van der Waals surface area contributed by atoms with Crippen molar-refractivity contribution in [3.63, 3.8) is 0 Å². The van der Waals surface area contributed by atoms with Crippen LogP contribution in [0.1, 0.15) is 18.4 Å². The Bertz CT molecular complexity index is 731. The van der Waals surface area contributed by atoms with Crippen molar-refractivity contribution >= 4 is 29.9 Å². The minimum Gasteiger partial charge on any atom is -0.354 e. The molecular formula is C18H26F2IN7. The van der Waals surface area contributed by atoms with Crippen LogP contribution in [-0.2, 0) is 6.54 Å². The Balaban J connectivity index is 0.00000280. The Kier molecular flexibility index (Phi) is 9.03. The van der Waals surface area contributed by atoms with Crippen molar-refractivity contribution in [3.05, 3.63) is 36.2 Å². The molecule has 1 fully saturated rings. The van der Waals surface area contributed by atoms with Crippen molar-refractivity contribution in [2.75, 3.05) is 26.7 Å². The SMILES string of the molecule is CN=C(NCc1cccc(-c2ncn[nH]2)c1)NC1CCN(CC(F)F)CC1.I. The third-order valence-electron chi connectivity index (χ3n) is 4.62. The highest BCUT2D eigenvalue weighted by atomic mass is 127. The van der Waals surface area contributed by atoms with Gasteiger partial charge in [0.05, 0.1) is 6.54 Å². The number of aliphatic imine (C=N–C) groups is 1. The van der Waals surface area contributed by atoms with Gasteiger partial charge in [0, 0.05) is 38.3 Å². The monoisotopic (exact) mass is 505 g/mol. The van der Waals surface area contributed by atoms with Gasteiger partial charge in [0.1, 0.15) is 6.33 Å². The van der Waals surface area contributed by atoms with Crippen molar-refractivity contribution in [2.45, 2.75) is 31.9 Å². The van der Waals surface area contributed by atoms with Gasteiger partial charge in [-0.3, -0.25) is 15.0 Å². The second-order valence-electron chi connectivity index (χ2n) is 6.57. The van der Waals surface area contributed by atoms with Crippen LogP contribution in [0.3, 0.4) is 0 Å². The van der Waals surface area contributed by atoms with Gasteiger partial charge < -0.3 is 10.6 Å². The lowest BCUT2D eigenvalue weighted by Crippen LogP contribution is -2.49. The first-order valence-corrected chi connectivity index (χ1v) is 9.06. The zero-order chi connectivity index (χ0) is 19.1. The first-order valence-electron chi connectivity index (χ1n) is 9.06. The van der Waals surface area contributed by atoms with E-state index in [1.807, 2.05) is 29.2 Å². The molecular weight excluding hydrogens is 479 g/mol. The molecule has 0 unspecified atom stereocenters. The van der Waals surface area contributed by atoms with Crippen molar-refractivity contribution in [1.29, 1.82) is 0 Å². The molecule has 1 aliphatic rings. The number of hydrogen-bond acceptors (Lipinski definition) is 4. The maximum absolute atomic E-state index is 12.5. The highest BCUT2D eigenvalue weighted by Crippen LogP contribution is 2.15. The number of nitrogens with one attached hydrogen (secondary N) is 3. The predicted molar refractivity (Wildman–Crippen MR) is 116 cm³/mol. The highest BCUT2D eigenvalue weighted by Gasteiger charge is 2.21. The minimum absolute atomic E-state index is 0. The normalized spacial score (nSPS) is 16.1. The molecule has 0 saturated carbocycles. The van der Waals surface area contributed by atoms with Crippen LogP contribution in [0.25, 0.3) is 11.4 Å². The lowest BCUT2D eigenvalue weighted by atomic mass is 10.1. The molecule has 3 N–H and O–H groups in total. The predicted octanol–water partition coefficient (Wildman–Crippen LogP) is 2.48. The van der Waals surface area contributed by atoms with Gasteiger partial charge in [-0.25, -0.2) is 13.8 Å². The van der Waals surface area contributed by atoms with E-state index in [9.17, 15) is 8.78 Å². The molecule has 7 nitrogen and oxygen atoms in total. The maximum atomic E-state index is 12.5. The van der Waals surface area contributed by atoms with Crippen LogP contribution >= 0.6 is 24.0 Å². The summed E-state index contributed by atoms with van der Waals surface area (Å²) in [7, 11) is 1.73. The van der Waals surface area contributed by atoms with E-state index in [0.29, 0.717) is 25.6 Å². The van der Waals surface area contributed by atoms with Gasteiger partial charge in [-0.1, -0.05) is 18.2 Å². The summed E-state index contributed by atoms with van der Waals surface area (Å²) >= 11 is 0. The van der Waals surface area contributed by atoms with Crippen LogP contribution in [0.4, 0.5) is 8.78 Å². The fourth-order valence-electron chi connectivity index (χ4n) is 3.20. The Hall–Kier alpha value is -1.82. The number of guanidine groups is 1. The lowest BCUT2D eigenvalue weighted by molar-refractivity contribution is 0.0744. The fourth-order valence-corrected chi connectivity index (χ4v) is 3.20. The Morgan fingerprint density at radius 3 is 2.79 bits per heavy atom. The Morgan fingerprint density at radius 1 is 1.36 bits per heavy atom. The first-order chi connectivity index (χ1) is 13.1. The van der Waals surface area contributed by atoms with Crippen molar-refractivity contribution in [2.24, 2.45) is 4.99 Å². The molecule has 154 valence electrons. The second-order valence-corrected chi connectivity index (χ2v) is 6.57. The van der Waals surface area contributed by atoms with Crippen LogP contribution in [0.15, 0.2) is 35.6 Å². The zero-order valence-corrected chi connectivity index (χ0v) is 18.1. The summed E-state index contributed by atoms with van der Waals surface area (Å²) in [6, 6.07) is 8.27. The number of benzene rings is 1. The van der Waals surface area contributed by atoms with Crippen LogP contribution in [0.2, 0.25) is 0 Å². The van der Waals surface area contributed by atoms with E-state index >= 15 is 0 Å². The number of hydrogen-bond donors (Lipinski definition) is 3. The Labute approximate surface area is 180 Å². The van der Waals surface area contributed by atoms with Gasteiger partial charge in [-0.2, -0.15) is 5.10 Å². The molecule has 0 amide bonds. The van der Waals surface area contributed by atoms with E-state index in [0.717, 1.165) is 29.8 Å². The molecule has 0 radical (unpaired) electrons. The van der Waals surface area contributed by atoms with Gasteiger partial charge in [-0.15, -0.1) is 24.0 Å². The summed E-state index contributed by atoms with van der Waals surface area (Å²) in [6.45, 7) is 1.84. The van der Waals surface area contributed by atoms with E-state index in [-0.39, 0.29) is 36.6 Å². The van der Waals surface area contributed by atoms with E-state index in [1.165, 1.54) is 6.33 Å². The van der Waals surface area contributed by atoms with E-state index in [2.05, 4.69) is 30.8 Å². The smallest absolute Gasteiger partial charge is 0.251 e. The molecule has 0 aliphatic carbocycles. The number of aromatic nitrogens is 3. The first kappa shape index (κ1) is 22.5. The average molecular weight is 505 g/mol. The van der Waals surface area contributed by atoms with Crippen molar-refractivity contribution in [3.8, 4) is 11.4 Å². The lowest BCUT2D eigenvalue weighted by Gasteiger charge is -2.32. The van der Waals surface area contributed by atoms with E-state index in [1.54, 1.807) is 7.05 Å². The summed E-state index contributed by atoms with van der Waals surface area (Å²) < 4.78 is 24.9. The van der Waals surface area contributed by atoms with Crippen LogP contribution < -0.4 is 10.6 Å². The summed E-state index contributed by atoms with van der Waals surface area (Å²) in [6.07, 6.45) is 0.873. The number of alkyl halides is 2. The molecule has 3 rings (SSSR count). The molecule has 0 spiro atoms. The molecule has 28 heavy (non-hydrogen) atoms. The summed E-state index contributed by atoms with van der Waals surface area (Å²) in [5.41, 5.74) is 2.07. The number of rotatable bonds is 6. The number of H-pyrrole nitrogens is 1. The van der Waals surface area contributed by atoms with Crippen molar-refractivity contribution in [1.82, 2.24) is 30.7 Å². The number of aromatic amines is 1.